The van der Waals surface area contributed by atoms with E-state index in [1.54, 1.807) is 16.2 Å². The fraction of sp³-hybridized carbons (Fsp3) is 0.458. The molecule has 0 spiro atoms. The van der Waals surface area contributed by atoms with Gasteiger partial charge in [0.15, 0.2) is 0 Å². The summed E-state index contributed by atoms with van der Waals surface area (Å²) in [5.41, 5.74) is 2.20. The smallest absolute Gasteiger partial charge is 0.253 e. The van der Waals surface area contributed by atoms with Crippen LogP contribution in [0.15, 0.2) is 35.7 Å². The number of thiophene rings is 1. The second kappa shape index (κ2) is 8.94. The van der Waals surface area contributed by atoms with Crippen LogP contribution in [0.4, 0.5) is 11.4 Å². The topological polar surface area (TPSA) is 73.0 Å². The minimum absolute atomic E-state index is 0.000568. The lowest BCUT2D eigenvalue weighted by atomic mass is 9.95. The van der Waals surface area contributed by atoms with Crippen molar-refractivity contribution in [1.29, 1.82) is 0 Å². The molecule has 0 bridgehead atoms. The zero-order valence-corrected chi connectivity index (χ0v) is 18.9. The second-order valence-corrected chi connectivity index (χ2v) is 9.72. The number of fused-ring (bicyclic) bond motifs is 3. The molecule has 8 heteroatoms. The maximum atomic E-state index is 13.4. The SMILES string of the molecule is O=C(CN1C(=O)C2CCCCN2c2ccc(C(=O)N3CCCC3)cc21)NCc1cccs1. The monoisotopic (exact) mass is 452 g/mol. The Kier molecular flexibility index (Phi) is 5.87. The van der Waals surface area contributed by atoms with Crippen molar-refractivity contribution in [3.63, 3.8) is 0 Å². The molecule has 0 radical (unpaired) electrons. The number of benzene rings is 1. The predicted molar refractivity (Wildman–Crippen MR) is 125 cm³/mol. The number of amides is 3. The minimum atomic E-state index is -0.235. The normalized spacial score (nSPS) is 20.2. The van der Waals surface area contributed by atoms with Gasteiger partial charge < -0.3 is 15.1 Å². The van der Waals surface area contributed by atoms with E-state index in [2.05, 4.69) is 10.2 Å². The van der Waals surface area contributed by atoms with Gasteiger partial charge in [-0.3, -0.25) is 19.3 Å². The first kappa shape index (κ1) is 21.0. The molecule has 1 unspecified atom stereocenters. The maximum absolute atomic E-state index is 13.4. The van der Waals surface area contributed by atoms with Gasteiger partial charge in [-0.15, -0.1) is 11.3 Å². The van der Waals surface area contributed by atoms with Crippen molar-refractivity contribution in [1.82, 2.24) is 10.2 Å². The van der Waals surface area contributed by atoms with Gasteiger partial charge in [0.25, 0.3) is 5.91 Å². The molecule has 3 amide bonds. The number of rotatable bonds is 5. The molecule has 1 aromatic heterocycles. The molecule has 5 rings (SSSR count). The summed E-state index contributed by atoms with van der Waals surface area (Å²) >= 11 is 1.59. The number of likely N-dealkylation sites (tertiary alicyclic amines) is 1. The zero-order chi connectivity index (χ0) is 22.1. The van der Waals surface area contributed by atoms with Crippen LogP contribution >= 0.6 is 11.3 Å². The Hall–Kier alpha value is -2.87. The van der Waals surface area contributed by atoms with Crippen molar-refractivity contribution in [2.24, 2.45) is 0 Å². The predicted octanol–water partition coefficient (Wildman–Crippen LogP) is 3.01. The highest BCUT2D eigenvalue weighted by Crippen LogP contribution is 2.40. The standard InChI is InChI=1S/C24H28N4O3S/c29-22(25-15-18-6-5-13-32-18)16-28-21-14-17(23(30)26-10-3-4-11-26)8-9-19(21)27-12-2-1-7-20(27)24(28)31/h5-6,8-9,13-14,20H,1-4,7,10-12,15-16H2,(H,25,29). The van der Waals surface area contributed by atoms with E-state index >= 15 is 0 Å². The largest absolute Gasteiger partial charge is 0.358 e. The molecule has 2 aromatic rings. The van der Waals surface area contributed by atoms with Gasteiger partial charge in [0, 0.05) is 30.1 Å². The number of piperidine rings is 1. The van der Waals surface area contributed by atoms with Crippen molar-refractivity contribution in [3.05, 3.63) is 46.2 Å². The van der Waals surface area contributed by atoms with E-state index in [0.29, 0.717) is 17.8 Å². The number of hydrogen-bond donors (Lipinski definition) is 1. The van der Waals surface area contributed by atoms with Crippen LogP contribution in [0.1, 0.15) is 47.3 Å². The Bertz CT molecular complexity index is 1020. The number of nitrogens with one attached hydrogen (secondary N) is 1. The summed E-state index contributed by atoms with van der Waals surface area (Å²) in [6.45, 7) is 2.79. The van der Waals surface area contributed by atoms with Gasteiger partial charge in [-0.05, 0) is 61.7 Å². The molecule has 1 aromatic carbocycles. The zero-order valence-electron chi connectivity index (χ0n) is 18.1. The van der Waals surface area contributed by atoms with E-state index < -0.39 is 0 Å². The first-order valence-electron chi connectivity index (χ1n) is 11.4. The van der Waals surface area contributed by atoms with Crippen molar-refractivity contribution < 1.29 is 14.4 Å². The molecule has 2 fully saturated rings. The lowest BCUT2D eigenvalue weighted by Crippen LogP contribution is -2.57. The number of anilines is 2. The minimum Gasteiger partial charge on any atom is -0.358 e. The molecule has 2 saturated heterocycles. The highest BCUT2D eigenvalue weighted by molar-refractivity contribution is 7.09. The summed E-state index contributed by atoms with van der Waals surface area (Å²) in [5, 5.41) is 4.90. The van der Waals surface area contributed by atoms with Crippen LogP contribution in [-0.4, -0.2) is 54.8 Å². The lowest BCUT2D eigenvalue weighted by molar-refractivity contribution is -0.125. The van der Waals surface area contributed by atoms with Crippen LogP contribution in [0.5, 0.6) is 0 Å². The van der Waals surface area contributed by atoms with Crippen LogP contribution in [0.2, 0.25) is 0 Å². The van der Waals surface area contributed by atoms with E-state index in [1.165, 1.54) is 0 Å². The van der Waals surface area contributed by atoms with Crippen LogP contribution in [0.3, 0.4) is 0 Å². The third kappa shape index (κ3) is 3.99. The molecule has 0 aliphatic carbocycles. The summed E-state index contributed by atoms with van der Waals surface area (Å²) in [6.07, 6.45) is 4.90. The lowest BCUT2D eigenvalue weighted by Gasteiger charge is -2.45. The Labute approximate surface area is 192 Å². The van der Waals surface area contributed by atoms with E-state index in [4.69, 9.17) is 0 Å². The molecule has 1 N–H and O–H groups in total. The van der Waals surface area contributed by atoms with Crippen molar-refractivity contribution in [3.8, 4) is 0 Å². The second-order valence-electron chi connectivity index (χ2n) is 8.69. The van der Waals surface area contributed by atoms with Crippen LogP contribution in [0.25, 0.3) is 0 Å². The van der Waals surface area contributed by atoms with Gasteiger partial charge in [0.2, 0.25) is 11.8 Å². The molecular formula is C24H28N4O3S. The molecule has 4 heterocycles. The summed E-state index contributed by atoms with van der Waals surface area (Å²) in [7, 11) is 0. The Morgan fingerprint density at radius 1 is 1.03 bits per heavy atom. The first-order chi connectivity index (χ1) is 15.6. The van der Waals surface area contributed by atoms with Gasteiger partial charge in [-0.2, -0.15) is 0 Å². The summed E-state index contributed by atoms with van der Waals surface area (Å²) in [4.78, 5) is 45.9. The molecule has 168 valence electrons. The van der Waals surface area contributed by atoms with Gasteiger partial charge in [0.1, 0.15) is 12.6 Å². The van der Waals surface area contributed by atoms with Gasteiger partial charge in [-0.1, -0.05) is 6.07 Å². The van der Waals surface area contributed by atoms with E-state index in [-0.39, 0.29) is 30.3 Å². The molecular weight excluding hydrogens is 424 g/mol. The summed E-state index contributed by atoms with van der Waals surface area (Å²) in [5.74, 6) is -0.243. The van der Waals surface area contributed by atoms with Crippen molar-refractivity contribution in [2.75, 3.05) is 36.0 Å². The molecule has 7 nitrogen and oxygen atoms in total. The highest BCUT2D eigenvalue weighted by Gasteiger charge is 2.40. The average molecular weight is 453 g/mol. The van der Waals surface area contributed by atoms with Gasteiger partial charge in [0.05, 0.1) is 17.9 Å². The molecule has 3 aliphatic heterocycles. The Morgan fingerprint density at radius 2 is 1.84 bits per heavy atom. The number of carbonyl (C=O) groups is 3. The van der Waals surface area contributed by atoms with Gasteiger partial charge >= 0.3 is 0 Å². The van der Waals surface area contributed by atoms with Crippen LogP contribution in [0, 0.1) is 0 Å². The fourth-order valence-corrected chi connectivity index (χ4v) is 5.60. The van der Waals surface area contributed by atoms with Crippen LogP contribution < -0.4 is 15.1 Å². The third-order valence-corrected chi connectivity index (χ3v) is 7.49. The Balaban J connectivity index is 1.42. The summed E-state index contributed by atoms with van der Waals surface area (Å²) < 4.78 is 0. The Morgan fingerprint density at radius 3 is 2.62 bits per heavy atom. The number of carbonyl (C=O) groups excluding carboxylic acids is 3. The quantitative estimate of drug-likeness (QED) is 0.757. The molecule has 1 atom stereocenters. The van der Waals surface area contributed by atoms with Crippen LogP contribution in [-0.2, 0) is 16.1 Å². The van der Waals surface area contributed by atoms with Crippen molar-refractivity contribution >= 4 is 40.4 Å². The first-order valence-corrected chi connectivity index (χ1v) is 12.3. The molecule has 3 aliphatic rings. The number of hydrogen-bond acceptors (Lipinski definition) is 5. The molecule has 32 heavy (non-hydrogen) atoms. The maximum Gasteiger partial charge on any atom is 0.253 e. The van der Waals surface area contributed by atoms with E-state index in [0.717, 1.165) is 62.3 Å². The average Bonchev–Trinajstić information content (AvgIpc) is 3.54. The van der Waals surface area contributed by atoms with E-state index in [1.807, 2.05) is 40.6 Å². The molecule has 0 saturated carbocycles. The summed E-state index contributed by atoms with van der Waals surface area (Å²) in [6, 6.07) is 9.33. The fourth-order valence-electron chi connectivity index (χ4n) is 4.96. The van der Waals surface area contributed by atoms with Crippen molar-refractivity contribution in [2.45, 2.75) is 44.7 Å². The highest BCUT2D eigenvalue weighted by atomic mass is 32.1. The van der Waals surface area contributed by atoms with E-state index in [9.17, 15) is 14.4 Å². The number of nitrogens with zero attached hydrogens (tertiary/aromatic N) is 3. The third-order valence-electron chi connectivity index (χ3n) is 6.61. The van der Waals surface area contributed by atoms with Gasteiger partial charge in [-0.25, -0.2) is 0 Å².